The number of imidazole rings is 1. The number of carbonyl (C=O) groups is 1. The van der Waals surface area contributed by atoms with Gasteiger partial charge < -0.3 is 14.4 Å². The molecule has 0 unspecified atom stereocenters. The topological polar surface area (TPSA) is 67.2 Å². The molecule has 1 fully saturated rings. The van der Waals surface area contributed by atoms with Gasteiger partial charge in [-0.2, -0.15) is 0 Å². The third-order valence-electron chi connectivity index (χ3n) is 4.20. The highest BCUT2D eigenvalue weighted by atomic mass is 32.1. The monoisotopic (exact) mass is 334 g/mol. The van der Waals surface area contributed by atoms with E-state index in [2.05, 4.69) is 20.1 Å². The first kappa shape index (κ1) is 15.9. The third kappa shape index (κ3) is 3.69. The highest BCUT2D eigenvalue weighted by Gasteiger charge is 2.24. The van der Waals surface area contributed by atoms with Gasteiger partial charge in [-0.15, -0.1) is 10.2 Å². The van der Waals surface area contributed by atoms with Crippen LogP contribution in [0.1, 0.15) is 28.3 Å². The summed E-state index contributed by atoms with van der Waals surface area (Å²) in [6, 6.07) is 0. The van der Waals surface area contributed by atoms with Crippen LogP contribution in [-0.4, -0.2) is 57.2 Å². The predicted molar refractivity (Wildman–Crippen MR) is 89.8 cm³/mol. The fraction of sp³-hybridized carbons (Fsp3) is 0.600. The zero-order valence-electron chi connectivity index (χ0n) is 13.8. The summed E-state index contributed by atoms with van der Waals surface area (Å²) < 4.78 is 1.80. The van der Waals surface area contributed by atoms with Crippen molar-refractivity contribution in [3.63, 3.8) is 0 Å². The molecule has 2 aromatic rings. The van der Waals surface area contributed by atoms with Gasteiger partial charge in [0.1, 0.15) is 10.7 Å². The number of rotatable bonds is 4. The molecule has 1 aliphatic rings. The summed E-state index contributed by atoms with van der Waals surface area (Å²) in [4.78, 5) is 20.6. The van der Waals surface area contributed by atoms with Crippen LogP contribution in [0.5, 0.6) is 0 Å². The molecule has 3 rings (SSSR count). The standard InChI is InChI=1S/C15H22N6OS/c1-11-17-18-15(23-11)21-6-4-12(5-7-21)8-20(3)14(22)13-9-19(2)10-16-13/h9-10,12H,4-8H2,1-3H3. The number of carbonyl (C=O) groups excluding carboxylic acids is 1. The Morgan fingerprint density at radius 2 is 2.13 bits per heavy atom. The van der Waals surface area contributed by atoms with E-state index in [1.165, 1.54) is 0 Å². The number of hydrogen-bond donors (Lipinski definition) is 0. The maximum atomic E-state index is 12.3. The summed E-state index contributed by atoms with van der Waals surface area (Å²) in [6.07, 6.45) is 5.56. The minimum absolute atomic E-state index is 0.00669. The number of nitrogens with zero attached hydrogens (tertiary/aromatic N) is 6. The molecule has 124 valence electrons. The molecule has 0 bridgehead atoms. The van der Waals surface area contributed by atoms with E-state index in [9.17, 15) is 4.79 Å². The molecular formula is C15H22N6OS. The second-order valence-corrected chi connectivity index (χ2v) is 7.30. The lowest BCUT2D eigenvalue weighted by Gasteiger charge is -2.33. The molecular weight excluding hydrogens is 312 g/mol. The zero-order valence-corrected chi connectivity index (χ0v) is 14.6. The van der Waals surface area contributed by atoms with Gasteiger partial charge in [-0.1, -0.05) is 11.3 Å². The van der Waals surface area contributed by atoms with Gasteiger partial charge in [0.25, 0.3) is 5.91 Å². The summed E-state index contributed by atoms with van der Waals surface area (Å²) in [5.41, 5.74) is 0.511. The van der Waals surface area contributed by atoms with Gasteiger partial charge >= 0.3 is 0 Å². The minimum Gasteiger partial charge on any atom is -0.347 e. The van der Waals surface area contributed by atoms with Crippen LogP contribution in [0.15, 0.2) is 12.5 Å². The molecule has 1 amide bonds. The number of piperidine rings is 1. The Morgan fingerprint density at radius 3 is 2.70 bits per heavy atom. The van der Waals surface area contributed by atoms with Crippen LogP contribution in [0.3, 0.4) is 0 Å². The summed E-state index contributed by atoms with van der Waals surface area (Å²) in [5, 5.41) is 10.3. The lowest BCUT2D eigenvalue weighted by Crippen LogP contribution is -2.39. The van der Waals surface area contributed by atoms with Crippen molar-refractivity contribution in [3.8, 4) is 0 Å². The third-order valence-corrected chi connectivity index (χ3v) is 5.10. The molecule has 0 aliphatic carbocycles. The van der Waals surface area contributed by atoms with Gasteiger partial charge in [-0.25, -0.2) is 4.98 Å². The molecule has 0 aromatic carbocycles. The van der Waals surface area contributed by atoms with Crippen molar-refractivity contribution in [2.24, 2.45) is 13.0 Å². The summed E-state index contributed by atoms with van der Waals surface area (Å²) in [6.45, 7) is 4.71. The van der Waals surface area contributed by atoms with Crippen molar-refractivity contribution in [2.75, 3.05) is 31.6 Å². The Hall–Kier alpha value is -1.96. The molecule has 0 saturated carbocycles. The van der Waals surface area contributed by atoms with Gasteiger partial charge in [0.15, 0.2) is 0 Å². The molecule has 1 aliphatic heterocycles. The largest absolute Gasteiger partial charge is 0.347 e. The summed E-state index contributed by atoms with van der Waals surface area (Å²) in [7, 11) is 3.73. The van der Waals surface area contributed by atoms with E-state index in [1.54, 1.807) is 33.3 Å². The van der Waals surface area contributed by atoms with E-state index in [0.717, 1.165) is 42.6 Å². The van der Waals surface area contributed by atoms with Crippen LogP contribution in [0.25, 0.3) is 0 Å². The highest BCUT2D eigenvalue weighted by molar-refractivity contribution is 7.15. The normalized spacial score (nSPS) is 15.9. The first-order valence-corrected chi connectivity index (χ1v) is 8.63. The zero-order chi connectivity index (χ0) is 16.4. The number of aromatic nitrogens is 4. The number of anilines is 1. The average Bonchev–Trinajstić information content (AvgIpc) is 3.16. The molecule has 1 saturated heterocycles. The van der Waals surface area contributed by atoms with E-state index in [0.29, 0.717) is 11.6 Å². The van der Waals surface area contributed by atoms with Gasteiger partial charge in [0.05, 0.1) is 6.33 Å². The smallest absolute Gasteiger partial charge is 0.273 e. The Labute approximate surface area is 140 Å². The minimum atomic E-state index is -0.00669. The Balaban J connectivity index is 1.51. The number of amides is 1. The van der Waals surface area contributed by atoms with Crippen molar-refractivity contribution in [1.82, 2.24) is 24.6 Å². The Bertz CT molecular complexity index is 673. The lowest BCUT2D eigenvalue weighted by molar-refractivity contribution is 0.0759. The van der Waals surface area contributed by atoms with E-state index in [-0.39, 0.29) is 5.91 Å². The Morgan fingerprint density at radius 1 is 1.39 bits per heavy atom. The fourth-order valence-corrected chi connectivity index (χ4v) is 3.65. The van der Waals surface area contributed by atoms with Crippen molar-refractivity contribution in [1.29, 1.82) is 0 Å². The molecule has 0 spiro atoms. The Kier molecular flexibility index (Phi) is 4.61. The summed E-state index contributed by atoms with van der Waals surface area (Å²) >= 11 is 1.64. The van der Waals surface area contributed by atoms with Crippen LogP contribution in [0.4, 0.5) is 5.13 Å². The number of hydrogen-bond acceptors (Lipinski definition) is 6. The number of aryl methyl sites for hydroxylation is 2. The molecule has 3 heterocycles. The molecule has 7 nitrogen and oxygen atoms in total. The van der Waals surface area contributed by atoms with Crippen molar-refractivity contribution in [2.45, 2.75) is 19.8 Å². The molecule has 23 heavy (non-hydrogen) atoms. The van der Waals surface area contributed by atoms with E-state index in [4.69, 9.17) is 0 Å². The van der Waals surface area contributed by atoms with Crippen LogP contribution in [0.2, 0.25) is 0 Å². The van der Waals surface area contributed by atoms with Crippen LogP contribution in [0, 0.1) is 12.8 Å². The second kappa shape index (κ2) is 6.66. The van der Waals surface area contributed by atoms with Crippen molar-refractivity contribution < 1.29 is 4.79 Å². The highest BCUT2D eigenvalue weighted by Crippen LogP contribution is 2.26. The first-order chi connectivity index (χ1) is 11.0. The quantitative estimate of drug-likeness (QED) is 0.849. The van der Waals surface area contributed by atoms with Crippen molar-refractivity contribution >= 4 is 22.4 Å². The first-order valence-electron chi connectivity index (χ1n) is 7.81. The van der Waals surface area contributed by atoms with Gasteiger partial charge in [0, 0.05) is 39.9 Å². The lowest BCUT2D eigenvalue weighted by atomic mass is 9.96. The fourth-order valence-electron chi connectivity index (χ4n) is 2.91. The molecule has 2 aromatic heterocycles. The van der Waals surface area contributed by atoms with Crippen LogP contribution < -0.4 is 4.90 Å². The predicted octanol–water partition coefficient (Wildman–Crippen LogP) is 1.57. The average molecular weight is 334 g/mol. The van der Waals surface area contributed by atoms with E-state index >= 15 is 0 Å². The molecule has 0 radical (unpaired) electrons. The van der Waals surface area contributed by atoms with E-state index in [1.807, 2.05) is 21.0 Å². The molecule has 0 atom stereocenters. The molecule has 8 heteroatoms. The van der Waals surface area contributed by atoms with Gasteiger partial charge in [-0.3, -0.25) is 4.79 Å². The maximum Gasteiger partial charge on any atom is 0.273 e. The SMILES string of the molecule is Cc1nnc(N2CCC(CN(C)C(=O)c3cn(C)cn3)CC2)s1. The van der Waals surface area contributed by atoms with Gasteiger partial charge in [0.2, 0.25) is 5.13 Å². The second-order valence-electron chi connectivity index (χ2n) is 6.14. The summed E-state index contributed by atoms with van der Waals surface area (Å²) in [5.74, 6) is 0.519. The van der Waals surface area contributed by atoms with Crippen molar-refractivity contribution in [3.05, 3.63) is 23.2 Å². The van der Waals surface area contributed by atoms with Crippen LogP contribution >= 0.6 is 11.3 Å². The van der Waals surface area contributed by atoms with Gasteiger partial charge in [-0.05, 0) is 25.7 Å². The maximum absolute atomic E-state index is 12.3. The van der Waals surface area contributed by atoms with Crippen LogP contribution in [-0.2, 0) is 7.05 Å². The van der Waals surface area contributed by atoms with E-state index < -0.39 is 0 Å². The molecule has 0 N–H and O–H groups in total.